The van der Waals surface area contributed by atoms with Crippen molar-refractivity contribution in [3.8, 4) is 0 Å². The third-order valence-corrected chi connectivity index (χ3v) is 9.56. The van der Waals surface area contributed by atoms with Gasteiger partial charge < -0.3 is 15.3 Å². The summed E-state index contributed by atoms with van der Waals surface area (Å²) in [7, 11) is -4.42. The first kappa shape index (κ1) is 31.5. The maximum atomic E-state index is 13.7. The highest BCUT2D eigenvalue weighted by atomic mass is 35.5. The molecule has 5 rings (SSSR count). The first-order chi connectivity index (χ1) is 21.0. The number of Topliss-reactive ketones (excluding diaryl/α,β-unsaturated/α-hetero) is 1. The number of anilines is 1. The van der Waals surface area contributed by atoms with Gasteiger partial charge in [0.15, 0.2) is 5.78 Å². The molecule has 4 aromatic rings. The van der Waals surface area contributed by atoms with E-state index in [1.165, 1.54) is 24.3 Å². The number of aryl methyl sites for hydroxylation is 1. The third kappa shape index (κ3) is 6.89. The summed E-state index contributed by atoms with van der Waals surface area (Å²) < 4.78 is 28.2. The number of piperazine rings is 1. The zero-order chi connectivity index (χ0) is 31.4. The lowest BCUT2D eigenvalue weighted by Crippen LogP contribution is -2.46. The van der Waals surface area contributed by atoms with Gasteiger partial charge in [0.25, 0.3) is 15.9 Å². The van der Waals surface area contributed by atoms with E-state index in [4.69, 9.17) is 23.2 Å². The van der Waals surface area contributed by atoms with E-state index < -0.39 is 22.5 Å². The van der Waals surface area contributed by atoms with Gasteiger partial charge in [-0.15, -0.1) is 0 Å². The SMILES string of the molecule is O=C(O)CN(c1cccc2c(C(=O)CCc3cccc(C(=O)N4CCNCC4)c3)cccc12)S(=O)(=O)c1cc(Cl)cc(Cl)c1. The number of rotatable bonds is 10. The molecule has 4 aromatic carbocycles. The van der Waals surface area contributed by atoms with Crippen molar-refractivity contribution >= 4 is 67.3 Å². The molecule has 1 fully saturated rings. The molecule has 0 aliphatic carbocycles. The van der Waals surface area contributed by atoms with Crippen molar-refractivity contribution in [2.45, 2.75) is 17.7 Å². The average Bonchev–Trinajstić information content (AvgIpc) is 3.01. The molecule has 9 nitrogen and oxygen atoms in total. The Balaban J connectivity index is 1.43. The van der Waals surface area contributed by atoms with Crippen LogP contribution in [-0.2, 0) is 21.2 Å². The molecule has 0 spiro atoms. The third-order valence-electron chi connectivity index (χ3n) is 7.39. The van der Waals surface area contributed by atoms with Crippen molar-refractivity contribution < 1.29 is 27.9 Å². The number of fused-ring (bicyclic) bond motifs is 1. The van der Waals surface area contributed by atoms with Crippen LogP contribution in [0.5, 0.6) is 0 Å². The minimum absolute atomic E-state index is 0.0397. The molecule has 1 aliphatic heterocycles. The van der Waals surface area contributed by atoms with Crippen LogP contribution in [0.1, 0.15) is 32.7 Å². The maximum absolute atomic E-state index is 13.7. The summed E-state index contributed by atoms with van der Waals surface area (Å²) in [6, 6.07) is 20.7. The van der Waals surface area contributed by atoms with Crippen LogP contribution in [0, 0.1) is 0 Å². The zero-order valence-corrected chi connectivity index (χ0v) is 25.8. The van der Waals surface area contributed by atoms with Gasteiger partial charge in [-0.05, 0) is 53.8 Å². The highest BCUT2D eigenvalue weighted by Crippen LogP contribution is 2.34. The number of nitrogens with zero attached hydrogens (tertiary/aromatic N) is 2. The first-order valence-corrected chi connectivity index (χ1v) is 16.1. The fraction of sp³-hybridized carbons (Fsp3) is 0.219. The van der Waals surface area contributed by atoms with Crippen molar-refractivity contribution in [1.29, 1.82) is 0 Å². The fourth-order valence-electron chi connectivity index (χ4n) is 5.28. The van der Waals surface area contributed by atoms with Crippen molar-refractivity contribution in [3.05, 3.63) is 106 Å². The van der Waals surface area contributed by atoms with E-state index in [0.717, 1.165) is 23.0 Å². The summed E-state index contributed by atoms with van der Waals surface area (Å²) in [5, 5.41) is 13.9. The van der Waals surface area contributed by atoms with Gasteiger partial charge in [0.05, 0.1) is 10.6 Å². The van der Waals surface area contributed by atoms with E-state index in [0.29, 0.717) is 41.4 Å². The minimum Gasteiger partial charge on any atom is -0.480 e. The van der Waals surface area contributed by atoms with E-state index in [1.807, 2.05) is 23.1 Å². The van der Waals surface area contributed by atoms with E-state index in [9.17, 15) is 27.9 Å². The molecular formula is C32H29Cl2N3O6S. The Kier molecular flexibility index (Phi) is 9.55. The number of hydrogen-bond acceptors (Lipinski definition) is 6. The van der Waals surface area contributed by atoms with Crippen LogP contribution < -0.4 is 9.62 Å². The normalized spacial score (nSPS) is 13.5. The number of nitrogens with one attached hydrogen (secondary N) is 1. The molecule has 12 heteroatoms. The van der Waals surface area contributed by atoms with Crippen LogP contribution in [-0.4, -0.2) is 68.8 Å². The summed E-state index contributed by atoms with van der Waals surface area (Å²) in [6.45, 7) is 1.92. The number of aliphatic carboxylic acids is 1. The molecular weight excluding hydrogens is 625 g/mol. The van der Waals surface area contributed by atoms with Crippen LogP contribution >= 0.6 is 23.2 Å². The number of amides is 1. The molecule has 0 atom stereocenters. The van der Waals surface area contributed by atoms with Crippen molar-refractivity contribution in [2.75, 3.05) is 37.0 Å². The lowest BCUT2D eigenvalue weighted by Gasteiger charge is -2.27. The number of carboxylic acids is 1. The van der Waals surface area contributed by atoms with Crippen molar-refractivity contribution in [3.63, 3.8) is 0 Å². The van der Waals surface area contributed by atoms with Crippen LogP contribution in [0.2, 0.25) is 10.0 Å². The molecule has 2 N–H and O–H groups in total. The molecule has 1 saturated heterocycles. The van der Waals surface area contributed by atoms with E-state index in [2.05, 4.69) is 5.32 Å². The molecule has 1 heterocycles. The molecule has 44 heavy (non-hydrogen) atoms. The molecule has 0 saturated carbocycles. The standard InChI is InChI=1S/C32H29Cl2N3O6S/c33-23-17-24(34)19-25(18-23)44(42,43)37(20-31(39)40)29-9-3-6-26-27(29)7-2-8-28(26)30(38)11-10-21-4-1-5-22(16-21)32(41)36-14-12-35-13-15-36/h1-9,16-19,35H,10-15,20H2,(H,39,40). The van der Waals surface area contributed by atoms with Crippen LogP contribution in [0.4, 0.5) is 5.69 Å². The smallest absolute Gasteiger partial charge is 0.324 e. The number of ketones is 1. The molecule has 0 bridgehead atoms. The van der Waals surface area contributed by atoms with Gasteiger partial charge in [0.2, 0.25) is 0 Å². The van der Waals surface area contributed by atoms with Gasteiger partial charge in [-0.25, -0.2) is 8.42 Å². The number of sulfonamides is 1. The quantitative estimate of drug-likeness (QED) is 0.223. The summed E-state index contributed by atoms with van der Waals surface area (Å²) in [5.74, 6) is -1.59. The predicted octanol–water partition coefficient (Wildman–Crippen LogP) is 5.29. The molecule has 0 unspecified atom stereocenters. The first-order valence-electron chi connectivity index (χ1n) is 13.9. The molecule has 1 aliphatic rings. The summed E-state index contributed by atoms with van der Waals surface area (Å²) in [5.41, 5.74) is 1.89. The molecule has 1 amide bonds. The van der Waals surface area contributed by atoms with Gasteiger partial charge in [-0.3, -0.25) is 18.7 Å². The van der Waals surface area contributed by atoms with Crippen molar-refractivity contribution in [1.82, 2.24) is 10.2 Å². The van der Waals surface area contributed by atoms with E-state index in [1.54, 1.807) is 36.4 Å². The minimum atomic E-state index is -4.42. The Labute approximate surface area is 265 Å². The Morgan fingerprint density at radius 3 is 2.23 bits per heavy atom. The molecule has 0 radical (unpaired) electrons. The summed E-state index contributed by atoms with van der Waals surface area (Å²) >= 11 is 12.1. The monoisotopic (exact) mass is 653 g/mol. The fourth-order valence-corrected chi connectivity index (χ4v) is 7.44. The van der Waals surface area contributed by atoms with Crippen LogP contribution in [0.3, 0.4) is 0 Å². The zero-order valence-electron chi connectivity index (χ0n) is 23.5. The Morgan fingerprint density at radius 1 is 0.864 bits per heavy atom. The lowest BCUT2D eigenvalue weighted by atomic mass is 9.96. The molecule has 228 valence electrons. The van der Waals surface area contributed by atoms with Crippen molar-refractivity contribution in [2.24, 2.45) is 0 Å². The Hall–Kier alpha value is -3.96. The van der Waals surface area contributed by atoms with Crippen LogP contribution in [0.15, 0.2) is 83.8 Å². The highest BCUT2D eigenvalue weighted by molar-refractivity contribution is 7.93. The summed E-state index contributed by atoms with van der Waals surface area (Å²) in [4.78, 5) is 39.8. The van der Waals surface area contributed by atoms with Gasteiger partial charge in [0, 0.05) is 59.2 Å². The topological polar surface area (TPSA) is 124 Å². The van der Waals surface area contributed by atoms with Gasteiger partial charge >= 0.3 is 5.97 Å². The number of halogens is 2. The van der Waals surface area contributed by atoms with Gasteiger partial charge in [0.1, 0.15) is 6.54 Å². The average molecular weight is 655 g/mol. The van der Waals surface area contributed by atoms with Crippen LogP contribution in [0.25, 0.3) is 10.8 Å². The molecule has 0 aromatic heterocycles. The number of carboxylic acid groups (broad SMARTS) is 1. The summed E-state index contributed by atoms with van der Waals surface area (Å²) in [6.07, 6.45) is 0.541. The number of hydrogen-bond donors (Lipinski definition) is 2. The van der Waals surface area contributed by atoms with E-state index >= 15 is 0 Å². The second-order valence-corrected chi connectivity index (χ2v) is 13.1. The number of carbonyl (C=O) groups excluding carboxylic acids is 2. The number of benzene rings is 4. The lowest BCUT2D eigenvalue weighted by molar-refractivity contribution is -0.135. The predicted molar refractivity (Wildman–Crippen MR) is 170 cm³/mol. The number of carbonyl (C=O) groups is 3. The highest BCUT2D eigenvalue weighted by Gasteiger charge is 2.29. The second kappa shape index (κ2) is 13.4. The second-order valence-electron chi connectivity index (χ2n) is 10.4. The largest absolute Gasteiger partial charge is 0.480 e. The Morgan fingerprint density at radius 2 is 1.52 bits per heavy atom. The van der Waals surface area contributed by atoms with E-state index in [-0.39, 0.29) is 38.7 Å². The van der Waals surface area contributed by atoms with Gasteiger partial charge in [-0.2, -0.15) is 0 Å². The Bertz CT molecular complexity index is 1840. The maximum Gasteiger partial charge on any atom is 0.324 e. The van der Waals surface area contributed by atoms with Gasteiger partial charge in [-0.1, -0.05) is 65.7 Å².